The van der Waals surface area contributed by atoms with Crippen LogP contribution in [0.4, 0.5) is 5.69 Å². The number of benzene rings is 2. The minimum Gasteiger partial charge on any atom is -0.467 e. The summed E-state index contributed by atoms with van der Waals surface area (Å²) >= 11 is 1.55. The molecule has 1 aromatic heterocycles. The molecule has 1 aliphatic rings. The highest BCUT2D eigenvalue weighted by molar-refractivity contribution is 8.00. The van der Waals surface area contributed by atoms with Gasteiger partial charge in [0.1, 0.15) is 11.1 Å². The number of carbonyl (C=O) groups excluding carboxylic acids is 3. The van der Waals surface area contributed by atoms with E-state index >= 15 is 0 Å². The summed E-state index contributed by atoms with van der Waals surface area (Å²) in [7, 11) is 0. The van der Waals surface area contributed by atoms with E-state index in [1.165, 1.54) is 0 Å². The summed E-state index contributed by atoms with van der Waals surface area (Å²) in [6.45, 7) is 3.06. The van der Waals surface area contributed by atoms with Crippen LogP contribution in [0.25, 0.3) is 0 Å². The van der Waals surface area contributed by atoms with Gasteiger partial charge in [-0.15, -0.1) is 11.8 Å². The van der Waals surface area contributed by atoms with Crippen molar-refractivity contribution in [1.29, 1.82) is 0 Å². The van der Waals surface area contributed by atoms with Gasteiger partial charge in [0.15, 0.2) is 0 Å². The van der Waals surface area contributed by atoms with Crippen molar-refractivity contribution in [3.8, 4) is 0 Å². The van der Waals surface area contributed by atoms with E-state index in [-0.39, 0.29) is 23.1 Å². The SMILES string of the molecule is CCCCNC(=O)c1ccccc1NC(=O)c1ccc(C2SCC(=O)N2Cc2ccco2)cc1. The Morgan fingerprint density at radius 3 is 2.59 bits per heavy atom. The number of amides is 3. The Labute approximate surface area is 202 Å². The summed E-state index contributed by atoms with van der Waals surface area (Å²) in [5.74, 6) is 0.684. The van der Waals surface area contributed by atoms with Crippen molar-refractivity contribution in [2.75, 3.05) is 17.6 Å². The highest BCUT2D eigenvalue weighted by Crippen LogP contribution is 2.39. The van der Waals surface area contributed by atoms with Crippen LogP contribution >= 0.6 is 11.8 Å². The van der Waals surface area contributed by atoms with Crippen molar-refractivity contribution in [2.24, 2.45) is 0 Å². The molecule has 3 aromatic rings. The molecule has 4 rings (SSSR count). The van der Waals surface area contributed by atoms with Gasteiger partial charge in [-0.3, -0.25) is 14.4 Å². The molecule has 1 saturated heterocycles. The molecule has 1 aliphatic heterocycles. The molecule has 1 atom stereocenters. The summed E-state index contributed by atoms with van der Waals surface area (Å²) < 4.78 is 5.40. The summed E-state index contributed by atoms with van der Waals surface area (Å²) in [6, 6.07) is 17.8. The Kier molecular flexibility index (Phi) is 7.69. The second-order valence-electron chi connectivity index (χ2n) is 8.00. The molecule has 1 unspecified atom stereocenters. The average Bonchev–Trinajstić information content (AvgIpc) is 3.50. The fourth-order valence-electron chi connectivity index (χ4n) is 3.73. The molecular weight excluding hydrogens is 450 g/mol. The zero-order valence-corrected chi connectivity index (χ0v) is 19.8. The Bertz CT molecular complexity index is 1150. The lowest BCUT2D eigenvalue weighted by Crippen LogP contribution is -2.27. The second-order valence-corrected chi connectivity index (χ2v) is 9.06. The molecule has 2 aromatic carbocycles. The molecule has 0 aliphatic carbocycles. The van der Waals surface area contributed by atoms with Gasteiger partial charge in [-0.2, -0.15) is 0 Å². The van der Waals surface area contributed by atoms with Crippen LogP contribution in [-0.4, -0.2) is 34.9 Å². The number of para-hydroxylation sites is 1. The van der Waals surface area contributed by atoms with Gasteiger partial charge < -0.3 is 20.0 Å². The highest BCUT2D eigenvalue weighted by atomic mass is 32.2. The number of thioether (sulfide) groups is 1. The minimum atomic E-state index is -0.303. The maximum Gasteiger partial charge on any atom is 0.255 e. The number of anilines is 1. The molecule has 0 spiro atoms. The molecule has 2 N–H and O–H groups in total. The van der Waals surface area contributed by atoms with E-state index in [1.54, 1.807) is 65.4 Å². The van der Waals surface area contributed by atoms with Crippen molar-refractivity contribution in [3.63, 3.8) is 0 Å². The third kappa shape index (κ3) is 5.51. The first kappa shape index (κ1) is 23.6. The molecule has 7 nitrogen and oxygen atoms in total. The first-order valence-electron chi connectivity index (χ1n) is 11.3. The number of furan rings is 1. The molecule has 1 fully saturated rings. The number of carbonyl (C=O) groups is 3. The number of unbranched alkanes of at least 4 members (excludes halogenated alkanes) is 1. The van der Waals surface area contributed by atoms with E-state index in [9.17, 15) is 14.4 Å². The van der Waals surface area contributed by atoms with E-state index in [0.717, 1.165) is 24.2 Å². The maximum absolute atomic E-state index is 12.9. The predicted octanol–water partition coefficient (Wildman–Crippen LogP) is 4.84. The molecule has 0 radical (unpaired) electrons. The molecule has 8 heteroatoms. The first-order valence-corrected chi connectivity index (χ1v) is 12.3. The molecular formula is C26H27N3O4S. The molecule has 3 amide bonds. The number of hydrogen-bond donors (Lipinski definition) is 2. The van der Waals surface area contributed by atoms with Gasteiger partial charge in [-0.05, 0) is 48.4 Å². The average molecular weight is 478 g/mol. The van der Waals surface area contributed by atoms with Gasteiger partial charge in [-0.1, -0.05) is 37.6 Å². The maximum atomic E-state index is 12.9. The lowest BCUT2D eigenvalue weighted by molar-refractivity contribution is -0.128. The normalized spacial score (nSPS) is 15.4. The number of nitrogens with one attached hydrogen (secondary N) is 2. The highest BCUT2D eigenvalue weighted by Gasteiger charge is 2.33. The fraction of sp³-hybridized carbons (Fsp3) is 0.269. The van der Waals surface area contributed by atoms with Gasteiger partial charge in [0, 0.05) is 12.1 Å². The van der Waals surface area contributed by atoms with E-state index < -0.39 is 0 Å². The smallest absolute Gasteiger partial charge is 0.255 e. The van der Waals surface area contributed by atoms with Crippen LogP contribution in [0.15, 0.2) is 71.3 Å². The topological polar surface area (TPSA) is 91.7 Å². The van der Waals surface area contributed by atoms with Crippen LogP contribution in [0.2, 0.25) is 0 Å². The Balaban J connectivity index is 1.44. The predicted molar refractivity (Wildman–Crippen MR) is 133 cm³/mol. The van der Waals surface area contributed by atoms with E-state index in [2.05, 4.69) is 17.6 Å². The molecule has 0 saturated carbocycles. The summed E-state index contributed by atoms with van der Waals surface area (Å²) in [4.78, 5) is 39.6. The molecule has 0 bridgehead atoms. The number of hydrogen-bond acceptors (Lipinski definition) is 5. The lowest BCUT2D eigenvalue weighted by atomic mass is 10.1. The Morgan fingerprint density at radius 2 is 1.85 bits per heavy atom. The van der Waals surface area contributed by atoms with Crippen molar-refractivity contribution in [3.05, 3.63) is 89.4 Å². The van der Waals surface area contributed by atoms with E-state index in [4.69, 9.17) is 4.42 Å². The van der Waals surface area contributed by atoms with Crippen molar-refractivity contribution in [1.82, 2.24) is 10.2 Å². The first-order chi connectivity index (χ1) is 16.6. The third-order valence-corrected chi connectivity index (χ3v) is 6.82. The van der Waals surface area contributed by atoms with Crippen molar-refractivity contribution >= 4 is 35.2 Å². The molecule has 2 heterocycles. The number of nitrogens with zero attached hydrogens (tertiary/aromatic N) is 1. The summed E-state index contributed by atoms with van der Waals surface area (Å²) in [5.41, 5.74) is 2.30. The zero-order chi connectivity index (χ0) is 23.9. The van der Waals surface area contributed by atoms with Gasteiger partial charge in [0.05, 0.1) is 29.8 Å². The third-order valence-electron chi connectivity index (χ3n) is 5.57. The van der Waals surface area contributed by atoms with Gasteiger partial charge in [0.25, 0.3) is 11.8 Å². The quantitative estimate of drug-likeness (QED) is 0.431. The van der Waals surface area contributed by atoms with Gasteiger partial charge in [0.2, 0.25) is 5.91 Å². The minimum absolute atomic E-state index is 0.0574. The fourth-order valence-corrected chi connectivity index (χ4v) is 4.92. The Hall–Kier alpha value is -3.52. The van der Waals surface area contributed by atoms with E-state index in [0.29, 0.717) is 35.7 Å². The summed E-state index contributed by atoms with van der Waals surface area (Å²) in [6.07, 6.45) is 3.48. The lowest BCUT2D eigenvalue weighted by Gasteiger charge is -2.23. The van der Waals surface area contributed by atoms with Crippen molar-refractivity contribution in [2.45, 2.75) is 31.7 Å². The van der Waals surface area contributed by atoms with Gasteiger partial charge in [-0.25, -0.2) is 0 Å². The van der Waals surface area contributed by atoms with Crippen molar-refractivity contribution < 1.29 is 18.8 Å². The molecule has 34 heavy (non-hydrogen) atoms. The zero-order valence-electron chi connectivity index (χ0n) is 19.0. The van der Waals surface area contributed by atoms with E-state index in [1.807, 2.05) is 18.2 Å². The monoisotopic (exact) mass is 477 g/mol. The Morgan fingerprint density at radius 1 is 1.06 bits per heavy atom. The van der Waals surface area contributed by atoms with Crippen LogP contribution < -0.4 is 10.6 Å². The molecule has 176 valence electrons. The summed E-state index contributed by atoms with van der Waals surface area (Å²) in [5, 5.41) is 5.60. The number of rotatable bonds is 9. The van der Waals surface area contributed by atoms with Gasteiger partial charge >= 0.3 is 0 Å². The van der Waals surface area contributed by atoms with Crippen LogP contribution in [-0.2, 0) is 11.3 Å². The van der Waals surface area contributed by atoms with Crippen LogP contribution in [0.3, 0.4) is 0 Å². The van der Waals surface area contributed by atoms with Crippen LogP contribution in [0.5, 0.6) is 0 Å². The van der Waals surface area contributed by atoms with Crippen LogP contribution in [0, 0.1) is 0 Å². The largest absolute Gasteiger partial charge is 0.467 e. The van der Waals surface area contributed by atoms with Crippen LogP contribution in [0.1, 0.15) is 57.2 Å². The standard InChI is InChI=1S/C26H27N3O4S/c1-2-3-14-27-25(32)21-8-4-5-9-22(21)28-24(31)18-10-12-19(13-11-18)26-29(23(30)17-34-26)16-20-7-6-15-33-20/h4-13,15,26H,2-3,14,16-17H2,1H3,(H,27,32)(H,28,31). The second kappa shape index (κ2) is 11.1.